The van der Waals surface area contributed by atoms with Crippen LogP contribution in [-0.2, 0) is 0 Å². The molecular formula is C13H20N2O. The summed E-state index contributed by atoms with van der Waals surface area (Å²) in [4.78, 5) is 2.40. The fourth-order valence-corrected chi connectivity index (χ4v) is 2.21. The summed E-state index contributed by atoms with van der Waals surface area (Å²) < 4.78 is 0. The molecule has 3 nitrogen and oxygen atoms in total. The predicted octanol–water partition coefficient (Wildman–Crippen LogP) is 1.67. The molecule has 88 valence electrons. The molecule has 1 heterocycles. The minimum absolute atomic E-state index is 0.0439. The van der Waals surface area contributed by atoms with Gasteiger partial charge in [-0.25, -0.2) is 0 Å². The summed E-state index contributed by atoms with van der Waals surface area (Å²) in [7, 11) is 0. The lowest BCUT2D eigenvalue weighted by Crippen LogP contribution is -2.18. The highest BCUT2D eigenvalue weighted by Crippen LogP contribution is 2.22. The Hall–Kier alpha value is -1.06. The van der Waals surface area contributed by atoms with Crippen LogP contribution in [-0.4, -0.2) is 24.8 Å². The number of rotatable bonds is 4. The maximum atomic E-state index is 8.84. The van der Waals surface area contributed by atoms with Crippen molar-refractivity contribution in [1.29, 1.82) is 0 Å². The number of nitrogens with two attached hydrogens (primary N) is 1. The lowest BCUT2D eigenvalue weighted by Gasteiger charge is -2.18. The van der Waals surface area contributed by atoms with E-state index >= 15 is 0 Å². The van der Waals surface area contributed by atoms with Crippen molar-refractivity contribution in [1.82, 2.24) is 0 Å². The molecule has 3 heteroatoms. The van der Waals surface area contributed by atoms with Gasteiger partial charge in [0.25, 0.3) is 0 Å². The Morgan fingerprint density at radius 2 is 1.81 bits per heavy atom. The molecule has 1 aliphatic rings. The number of anilines is 1. The molecule has 3 N–H and O–H groups in total. The monoisotopic (exact) mass is 220 g/mol. The molecule has 1 unspecified atom stereocenters. The number of benzene rings is 1. The average Bonchev–Trinajstić information content (AvgIpc) is 2.83. The van der Waals surface area contributed by atoms with E-state index in [2.05, 4.69) is 29.2 Å². The average molecular weight is 220 g/mol. The van der Waals surface area contributed by atoms with Crippen molar-refractivity contribution in [2.24, 2.45) is 5.73 Å². The molecule has 16 heavy (non-hydrogen) atoms. The van der Waals surface area contributed by atoms with Gasteiger partial charge >= 0.3 is 0 Å². The fraction of sp³-hybridized carbons (Fsp3) is 0.538. The lowest BCUT2D eigenvalue weighted by atomic mass is 10.0. The van der Waals surface area contributed by atoms with Gasteiger partial charge in [0.2, 0.25) is 0 Å². The summed E-state index contributed by atoms with van der Waals surface area (Å²) >= 11 is 0. The Morgan fingerprint density at radius 3 is 2.38 bits per heavy atom. The summed E-state index contributed by atoms with van der Waals surface area (Å²) in [6.07, 6.45) is 3.22. The zero-order valence-electron chi connectivity index (χ0n) is 9.60. The topological polar surface area (TPSA) is 49.5 Å². The fourth-order valence-electron chi connectivity index (χ4n) is 2.21. The van der Waals surface area contributed by atoms with Gasteiger partial charge in [-0.2, -0.15) is 0 Å². The first-order valence-corrected chi connectivity index (χ1v) is 6.02. The summed E-state index contributed by atoms with van der Waals surface area (Å²) in [6, 6.07) is 8.38. The summed E-state index contributed by atoms with van der Waals surface area (Å²) in [5.74, 6) is 0. The zero-order valence-corrected chi connectivity index (χ0v) is 9.60. The molecule has 1 fully saturated rings. The van der Waals surface area contributed by atoms with E-state index in [9.17, 15) is 0 Å². The first-order valence-electron chi connectivity index (χ1n) is 6.02. The van der Waals surface area contributed by atoms with E-state index in [0.29, 0.717) is 6.42 Å². The molecule has 2 rings (SSSR count). The standard InChI is InChI=1S/C13H20N2O/c14-13(7-10-16)11-3-5-12(6-4-11)15-8-1-2-9-15/h3-6,13,16H,1-2,7-10,14H2. The van der Waals surface area contributed by atoms with Crippen molar-refractivity contribution >= 4 is 5.69 Å². The third-order valence-corrected chi connectivity index (χ3v) is 3.23. The predicted molar refractivity (Wildman–Crippen MR) is 66.5 cm³/mol. The molecule has 0 saturated carbocycles. The van der Waals surface area contributed by atoms with Crippen LogP contribution in [0.4, 0.5) is 5.69 Å². The normalized spacial score (nSPS) is 17.8. The Kier molecular flexibility index (Phi) is 3.80. The number of hydrogen-bond donors (Lipinski definition) is 2. The summed E-state index contributed by atoms with van der Waals surface area (Å²) in [5, 5.41) is 8.84. The van der Waals surface area contributed by atoms with Crippen LogP contribution in [0.5, 0.6) is 0 Å². The minimum atomic E-state index is -0.0439. The van der Waals surface area contributed by atoms with Crippen LogP contribution >= 0.6 is 0 Å². The van der Waals surface area contributed by atoms with Gasteiger partial charge in [-0.05, 0) is 37.0 Å². The van der Waals surface area contributed by atoms with E-state index in [1.54, 1.807) is 0 Å². The summed E-state index contributed by atoms with van der Waals surface area (Å²) in [6.45, 7) is 2.49. The van der Waals surface area contributed by atoms with E-state index in [4.69, 9.17) is 10.8 Å². The largest absolute Gasteiger partial charge is 0.396 e. The van der Waals surface area contributed by atoms with Gasteiger partial charge in [-0.1, -0.05) is 12.1 Å². The highest BCUT2D eigenvalue weighted by molar-refractivity contribution is 5.48. The molecule has 0 aromatic heterocycles. The van der Waals surface area contributed by atoms with E-state index < -0.39 is 0 Å². The second kappa shape index (κ2) is 5.32. The van der Waals surface area contributed by atoms with Crippen molar-refractivity contribution in [3.8, 4) is 0 Å². The molecule has 0 aliphatic carbocycles. The number of aliphatic hydroxyl groups is 1. The van der Waals surface area contributed by atoms with Gasteiger partial charge in [0.1, 0.15) is 0 Å². The number of aliphatic hydroxyl groups excluding tert-OH is 1. The molecule has 1 aromatic rings. The highest BCUT2D eigenvalue weighted by Gasteiger charge is 2.12. The van der Waals surface area contributed by atoms with E-state index in [1.807, 2.05) is 0 Å². The Labute approximate surface area is 96.9 Å². The molecule has 1 saturated heterocycles. The van der Waals surface area contributed by atoms with Crippen molar-refractivity contribution in [2.45, 2.75) is 25.3 Å². The minimum Gasteiger partial charge on any atom is -0.396 e. The third-order valence-electron chi connectivity index (χ3n) is 3.23. The zero-order chi connectivity index (χ0) is 11.4. The van der Waals surface area contributed by atoms with Gasteiger partial charge in [-0.3, -0.25) is 0 Å². The maximum absolute atomic E-state index is 8.84. The molecule has 1 atom stereocenters. The van der Waals surface area contributed by atoms with E-state index in [-0.39, 0.29) is 12.6 Å². The van der Waals surface area contributed by atoms with E-state index in [0.717, 1.165) is 5.56 Å². The summed E-state index contributed by atoms with van der Waals surface area (Å²) in [5.41, 5.74) is 8.33. The van der Waals surface area contributed by atoms with Crippen molar-refractivity contribution < 1.29 is 5.11 Å². The van der Waals surface area contributed by atoms with Crippen LogP contribution in [0.1, 0.15) is 30.9 Å². The highest BCUT2D eigenvalue weighted by atomic mass is 16.3. The van der Waals surface area contributed by atoms with Crippen LogP contribution in [0.2, 0.25) is 0 Å². The van der Waals surface area contributed by atoms with Gasteiger partial charge in [-0.15, -0.1) is 0 Å². The van der Waals surface area contributed by atoms with Crippen LogP contribution in [0.25, 0.3) is 0 Å². The maximum Gasteiger partial charge on any atom is 0.0449 e. The molecule has 1 aliphatic heterocycles. The van der Waals surface area contributed by atoms with Gasteiger partial charge < -0.3 is 15.7 Å². The molecular weight excluding hydrogens is 200 g/mol. The smallest absolute Gasteiger partial charge is 0.0449 e. The Balaban J connectivity index is 2.03. The second-order valence-corrected chi connectivity index (χ2v) is 4.40. The van der Waals surface area contributed by atoms with Crippen molar-refractivity contribution in [3.05, 3.63) is 29.8 Å². The first kappa shape index (κ1) is 11.4. The quantitative estimate of drug-likeness (QED) is 0.811. The van der Waals surface area contributed by atoms with Crippen molar-refractivity contribution in [3.63, 3.8) is 0 Å². The Morgan fingerprint density at radius 1 is 1.19 bits per heavy atom. The molecule has 1 aromatic carbocycles. The number of hydrogen-bond acceptors (Lipinski definition) is 3. The first-order chi connectivity index (χ1) is 7.81. The Bertz CT molecular complexity index is 317. The number of nitrogens with zero attached hydrogens (tertiary/aromatic N) is 1. The molecule has 0 spiro atoms. The second-order valence-electron chi connectivity index (χ2n) is 4.40. The van der Waals surface area contributed by atoms with Gasteiger partial charge in [0.05, 0.1) is 0 Å². The van der Waals surface area contributed by atoms with Crippen LogP contribution in [0.15, 0.2) is 24.3 Å². The lowest BCUT2D eigenvalue weighted by molar-refractivity contribution is 0.276. The van der Waals surface area contributed by atoms with Gasteiger partial charge in [0.15, 0.2) is 0 Å². The van der Waals surface area contributed by atoms with E-state index in [1.165, 1.54) is 31.6 Å². The molecule has 0 amide bonds. The van der Waals surface area contributed by atoms with Gasteiger partial charge in [0, 0.05) is 31.4 Å². The van der Waals surface area contributed by atoms with Crippen molar-refractivity contribution in [2.75, 3.05) is 24.6 Å². The molecule has 0 bridgehead atoms. The third kappa shape index (κ3) is 2.54. The SMILES string of the molecule is NC(CCO)c1ccc(N2CCCC2)cc1. The molecule has 0 radical (unpaired) electrons. The van der Waals surface area contributed by atoms with Crippen LogP contribution < -0.4 is 10.6 Å². The van der Waals surface area contributed by atoms with Crippen LogP contribution in [0, 0.1) is 0 Å². The van der Waals surface area contributed by atoms with Crippen LogP contribution in [0.3, 0.4) is 0 Å².